The van der Waals surface area contributed by atoms with E-state index in [2.05, 4.69) is 36.1 Å². The summed E-state index contributed by atoms with van der Waals surface area (Å²) < 4.78 is 5.66. The van der Waals surface area contributed by atoms with Crippen LogP contribution in [-0.2, 0) is 4.74 Å². The number of nitrogens with zero attached hydrogens (tertiary/aromatic N) is 2. The van der Waals surface area contributed by atoms with Gasteiger partial charge in [0.2, 0.25) is 0 Å². The van der Waals surface area contributed by atoms with Gasteiger partial charge in [0.05, 0.1) is 6.61 Å². The normalized spacial score (nSPS) is 30.9. The highest BCUT2D eigenvalue weighted by molar-refractivity contribution is 4.84. The molecule has 2 aliphatic heterocycles. The zero-order chi connectivity index (χ0) is 13.7. The smallest absolute Gasteiger partial charge is 0.0521 e. The van der Waals surface area contributed by atoms with Gasteiger partial charge in [0.15, 0.2) is 0 Å². The summed E-state index contributed by atoms with van der Waals surface area (Å²) in [5.41, 5.74) is 0. The van der Waals surface area contributed by atoms with Gasteiger partial charge in [-0.05, 0) is 53.0 Å². The molecule has 0 aliphatic carbocycles. The zero-order valence-corrected chi connectivity index (χ0v) is 12.9. The molecular weight excluding hydrogens is 238 g/mol. The lowest BCUT2D eigenvalue weighted by Crippen LogP contribution is -2.50. The van der Waals surface area contributed by atoms with Crippen LogP contribution >= 0.6 is 0 Å². The van der Waals surface area contributed by atoms with Crippen molar-refractivity contribution in [2.75, 3.05) is 53.5 Å². The fourth-order valence-electron chi connectivity index (χ4n) is 3.55. The van der Waals surface area contributed by atoms with Crippen molar-refractivity contribution >= 4 is 0 Å². The van der Waals surface area contributed by atoms with Crippen LogP contribution in [0.2, 0.25) is 0 Å². The maximum atomic E-state index is 5.66. The van der Waals surface area contributed by atoms with Crippen LogP contribution in [0.4, 0.5) is 0 Å². The molecule has 19 heavy (non-hydrogen) atoms. The third-order valence-electron chi connectivity index (χ3n) is 5.00. The van der Waals surface area contributed by atoms with E-state index in [9.17, 15) is 0 Å². The van der Waals surface area contributed by atoms with E-state index in [4.69, 9.17) is 4.74 Å². The van der Waals surface area contributed by atoms with E-state index in [0.29, 0.717) is 12.0 Å². The summed E-state index contributed by atoms with van der Waals surface area (Å²) in [5.74, 6) is 0.646. The van der Waals surface area contributed by atoms with Crippen LogP contribution < -0.4 is 5.32 Å². The molecule has 2 saturated heterocycles. The van der Waals surface area contributed by atoms with E-state index in [1.165, 1.54) is 39.0 Å². The molecule has 2 atom stereocenters. The molecule has 0 aromatic heterocycles. The fraction of sp³-hybridized carbons (Fsp3) is 1.00. The number of nitrogens with one attached hydrogen (secondary N) is 1. The van der Waals surface area contributed by atoms with Crippen molar-refractivity contribution in [3.8, 4) is 0 Å². The number of rotatable bonds is 5. The summed E-state index contributed by atoms with van der Waals surface area (Å²) in [6.07, 6.45) is 3.80. The third kappa shape index (κ3) is 4.15. The number of hydrogen-bond donors (Lipinski definition) is 1. The molecule has 2 rings (SSSR count). The average molecular weight is 269 g/mol. The van der Waals surface area contributed by atoms with Gasteiger partial charge in [0.1, 0.15) is 0 Å². The lowest BCUT2D eigenvalue weighted by Gasteiger charge is -2.40. The van der Waals surface area contributed by atoms with Gasteiger partial charge >= 0.3 is 0 Å². The molecular formula is C15H31N3O. The highest BCUT2D eigenvalue weighted by atomic mass is 16.5. The van der Waals surface area contributed by atoms with Crippen molar-refractivity contribution < 1.29 is 4.74 Å². The second-order valence-electron chi connectivity index (χ2n) is 6.12. The molecule has 0 radical (unpaired) electrons. The third-order valence-corrected chi connectivity index (χ3v) is 5.00. The molecule has 2 unspecified atom stereocenters. The largest absolute Gasteiger partial charge is 0.381 e. The van der Waals surface area contributed by atoms with Crippen molar-refractivity contribution in [2.45, 2.75) is 38.3 Å². The second kappa shape index (κ2) is 7.58. The average Bonchev–Trinajstić information content (AvgIpc) is 2.48. The van der Waals surface area contributed by atoms with E-state index in [1.807, 2.05) is 0 Å². The Kier molecular flexibility index (Phi) is 6.07. The van der Waals surface area contributed by atoms with Crippen molar-refractivity contribution in [3.63, 3.8) is 0 Å². The summed E-state index contributed by atoms with van der Waals surface area (Å²) in [6.45, 7) is 9.01. The minimum absolute atomic E-state index is 0.631. The zero-order valence-electron chi connectivity index (χ0n) is 12.9. The molecule has 2 fully saturated rings. The second-order valence-corrected chi connectivity index (χ2v) is 6.12. The van der Waals surface area contributed by atoms with Crippen molar-refractivity contribution in [2.24, 2.45) is 5.92 Å². The van der Waals surface area contributed by atoms with Crippen LogP contribution in [0.1, 0.15) is 26.2 Å². The predicted octanol–water partition coefficient (Wildman–Crippen LogP) is 1.03. The highest BCUT2D eigenvalue weighted by Crippen LogP contribution is 2.20. The van der Waals surface area contributed by atoms with Crippen LogP contribution in [0.5, 0.6) is 0 Å². The number of likely N-dealkylation sites (tertiary alicyclic amines) is 1. The fourth-order valence-corrected chi connectivity index (χ4v) is 3.55. The first-order chi connectivity index (χ1) is 9.24. The Morgan fingerprint density at radius 2 is 2.00 bits per heavy atom. The van der Waals surface area contributed by atoms with Gasteiger partial charge in [-0.25, -0.2) is 0 Å². The summed E-state index contributed by atoms with van der Waals surface area (Å²) in [5, 5.41) is 3.46. The minimum atomic E-state index is 0.631. The lowest BCUT2D eigenvalue weighted by atomic mass is 9.94. The summed E-state index contributed by atoms with van der Waals surface area (Å²) in [6, 6.07) is 1.40. The van der Waals surface area contributed by atoms with E-state index in [0.717, 1.165) is 25.7 Å². The van der Waals surface area contributed by atoms with Crippen LogP contribution in [-0.4, -0.2) is 75.4 Å². The van der Waals surface area contributed by atoms with Gasteiger partial charge < -0.3 is 19.9 Å². The molecule has 112 valence electrons. The molecule has 0 aromatic rings. The molecule has 2 heterocycles. The van der Waals surface area contributed by atoms with Gasteiger partial charge in [-0.3, -0.25) is 0 Å². The molecule has 4 nitrogen and oxygen atoms in total. The Hall–Kier alpha value is -0.160. The maximum Gasteiger partial charge on any atom is 0.0521 e. The van der Waals surface area contributed by atoms with Gasteiger partial charge in [0, 0.05) is 31.2 Å². The van der Waals surface area contributed by atoms with E-state index in [1.54, 1.807) is 0 Å². The van der Waals surface area contributed by atoms with E-state index in [-0.39, 0.29) is 0 Å². The van der Waals surface area contributed by atoms with Crippen LogP contribution in [0.25, 0.3) is 0 Å². The first kappa shape index (κ1) is 15.2. The Labute approximate surface area is 118 Å². The maximum absolute atomic E-state index is 5.66. The molecule has 0 spiro atoms. The topological polar surface area (TPSA) is 27.7 Å². The Balaban J connectivity index is 1.78. The highest BCUT2D eigenvalue weighted by Gasteiger charge is 2.28. The van der Waals surface area contributed by atoms with Gasteiger partial charge in [0.25, 0.3) is 0 Å². The Bertz CT molecular complexity index is 254. The standard InChI is InChI=1S/C15H31N3O/c1-4-18-8-5-14(6-9-18)17(3)11-13-12-19-10-7-15(13)16-2/h13-16H,4-12H2,1-3H3. The molecule has 0 amide bonds. The molecule has 0 saturated carbocycles. The quantitative estimate of drug-likeness (QED) is 0.807. The van der Waals surface area contributed by atoms with Crippen molar-refractivity contribution in [1.82, 2.24) is 15.1 Å². The van der Waals surface area contributed by atoms with Crippen LogP contribution in [0.15, 0.2) is 0 Å². The van der Waals surface area contributed by atoms with Crippen LogP contribution in [0, 0.1) is 5.92 Å². The first-order valence-corrected chi connectivity index (χ1v) is 7.92. The van der Waals surface area contributed by atoms with Crippen molar-refractivity contribution in [3.05, 3.63) is 0 Å². The van der Waals surface area contributed by atoms with E-state index >= 15 is 0 Å². The minimum Gasteiger partial charge on any atom is -0.381 e. The molecule has 4 heteroatoms. The number of hydrogen-bond acceptors (Lipinski definition) is 4. The van der Waals surface area contributed by atoms with Crippen LogP contribution in [0.3, 0.4) is 0 Å². The predicted molar refractivity (Wildman–Crippen MR) is 79.5 cm³/mol. The van der Waals surface area contributed by atoms with Crippen molar-refractivity contribution in [1.29, 1.82) is 0 Å². The molecule has 1 N–H and O–H groups in total. The SMILES string of the molecule is CCN1CCC(N(C)CC2COCCC2NC)CC1. The lowest BCUT2D eigenvalue weighted by molar-refractivity contribution is 0.0113. The first-order valence-electron chi connectivity index (χ1n) is 7.92. The number of piperidine rings is 1. The Morgan fingerprint density at radius 1 is 1.26 bits per heavy atom. The molecule has 2 aliphatic rings. The van der Waals surface area contributed by atoms with Gasteiger partial charge in [-0.2, -0.15) is 0 Å². The molecule has 0 bridgehead atoms. The van der Waals surface area contributed by atoms with E-state index < -0.39 is 0 Å². The van der Waals surface area contributed by atoms with Gasteiger partial charge in [-0.15, -0.1) is 0 Å². The monoisotopic (exact) mass is 269 g/mol. The van der Waals surface area contributed by atoms with Gasteiger partial charge in [-0.1, -0.05) is 6.92 Å². The number of ether oxygens (including phenoxy) is 1. The summed E-state index contributed by atoms with van der Waals surface area (Å²) in [7, 11) is 4.39. The molecule has 0 aromatic carbocycles. The summed E-state index contributed by atoms with van der Waals surface area (Å²) in [4.78, 5) is 5.14. The summed E-state index contributed by atoms with van der Waals surface area (Å²) >= 11 is 0. The Morgan fingerprint density at radius 3 is 2.63 bits per heavy atom.